The van der Waals surface area contributed by atoms with Gasteiger partial charge in [-0.3, -0.25) is 4.79 Å². The Morgan fingerprint density at radius 3 is 2.50 bits per heavy atom. The minimum atomic E-state index is -0.908. The first-order valence-corrected chi connectivity index (χ1v) is 5.75. The van der Waals surface area contributed by atoms with E-state index >= 15 is 0 Å². The number of nitrogens with two attached hydrogens (primary N) is 1. The summed E-state index contributed by atoms with van der Waals surface area (Å²) >= 11 is 0. The summed E-state index contributed by atoms with van der Waals surface area (Å²) < 4.78 is 10.3. The van der Waals surface area contributed by atoms with Crippen molar-refractivity contribution in [3.63, 3.8) is 0 Å². The van der Waals surface area contributed by atoms with E-state index in [0.717, 1.165) is 0 Å². The topological polar surface area (TPSA) is 81.8 Å². The van der Waals surface area contributed by atoms with Crippen LogP contribution >= 0.6 is 0 Å². The van der Waals surface area contributed by atoms with E-state index in [9.17, 15) is 4.79 Å². The molecule has 0 radical (unpaired) electrons. The highest BCUT2D eigenvalue weighted by molar-refractivity contribution is 5.71. The Morgan fingerprint density at radius 2 is 2.06 bits per heavy atom. The quantitative estimate of drug-likeness (QED) is 0.808. The highest BCUT2D eigenvalue weighted by Gasteiger charge is 2.27. The van der Waals surface area contributed by atoms with E-state index in [2.05, 4.69) is 0 Å². The van der Waals surface area contributed by atoms with Crippen molar-refractivity contribution < 1.29 is 19.4 Å². The first-order valence-electron chi connectivity index (χ1n) is 5.75. The third-order valence-electron chi connectivity index (χ3n) is 2.99. The molecule has 0 aliphatic rings. The van der Waals surface area contributed by atoms with Crippen molar-refractivity contribution in [1.29, 1.82) is 0 Å². The van der Waals surface area contributed by atoms with Gasteiger partial charge in [-0.2, -0.15) is 0 Å². The number of rotatable bonds is 6. The van der Waals surface area contributed by atoms with Gasteiger partial charge in [0.05, 0.1) is 20.1 Å². The van der Waals surface area contributed by atoms with Crippen molar-refractivity contribution in [2.45, 2.75) is 19.4 Å². The minimum absolute atomic E-state index is 0.455. The summed E-state index contributed by atoms with van der Waals surface area (Å²) in [6.45, 7) is 1.80. The monoisotopic (exact) mass is 253 g/mol. The van der Waals surface area contributed by atoms with Gasteiger partial charge < -0.3 is 20.3 Å². The first-order chi connectivity index (χ1) is 8.54. The van der Waals surface area contributed by atoms with E-state index in [0.29, 0.717) is 23.5 Å². The average Bonchev–Trinajstić information content (AvgIpc) is 2.38. The molecule has 0 aromatic heterocycles. The normalized spacial score (nSPS) is 13.8. The van der Waals surface area contributed by atoms with Gasteiger partial charge in [-0.15, -0.1) is 0 Å². The zero-order chi connectivity index (χ0) is 13.7. The van der Waals surface area contributed by atoms with Crippen LogP contribution in [-0.4, -0.2) is 25.3 Å². The molecule has 0 spiro atoms. The molecule has 100 valence electrons. The molecule has 0 fully saturated rings. The zero-order valence-electron chi connectivity index (χ0n) is 10.8. The van der Waals surface area contributed by atoms with Crippen molar-refractivity contribution >= 4 is 5.97 Å². The largest absolute Gasteiger partial charge is 0.497 e. The Balaban J connectivity index is 3.16. The molecule has 1 aromatic rings. The van der Waals surface area contributed by atoms with Crippen LogP contribution in [0.1, 0.15) is 24.9 Å². The number of carbonyl (C=O) groups is 1. The maximum atomic E-state index is 11.1. The van der Waals surface area contributed by atoms with Crippen molar-refractivity contribution in [2.75, 3.05) is 14.2 Å². The van der Waals surface area contributed by atoms with E-state index in [1.807, 2.05) is 0 Å². The van der Waals surface area contributed by atoms with Crippen LogP contribution in [0.15, 0.2) is 18.2 Å². The number of aliphatic carboxylic acids is 1. The van der Waals surface area contributed by atoms with Gasteiger partial charge in [0.15, 0.2) is 0 Å². The predicted octanol–water partition coefficient (Wildman–Crippen LogP) is 1.81. The Morgan fingerprint density at radius 1 is 1.39 bits per heavy atom. The second-order valence-electron chi connectivity index (χ2n) is 3.99. The lowest BCUT2D eigenvalue weighted by Gasteiger charge is -2.21. The highest BCUT2D eigenvalue weighted by atomic mass is 16.5. The second-order valence-corrected chi connectivity index (χ2v) is 3.99. The van der Waals surface area contributed by atoms with Crippen LogP contribution in [0.25, 0.3) is 0 Å². The molecule has 18 heavy (non-hydrogen) atoms. The van der Waals surface area contributed by atoms with E-state index in [1.54, 1.807) is 32.2 Å². The maximum absolute atomic E-state index is 11.1. The van der Waals surface area contributed by atoms with E-state index < -0.39 is 17.9 Å². The second kappa shape index (κ2) is 6.26. The van der Waals surface area contributed by atoms with Crippen LogP contribution in [0.5, 0.6) is 11.5 Å². The molecule has 0 saturated carbocycles. The molecule has 0 saturated heterocycles. The lowest BCUT2D eigenvalue weighted by molar-refractivity contribution is -0.142. The summed E-state index contributed by atoms with van der Waals surface area (Å²) in [5.74, 6) is -0.356. The Kier molecular flexibility index (Phi) is 4.97. The van der Waals surface area contributed by atoms with Gasteiger partial charge in [0.1, 0.15) is 11.5 Å². The summed E-state index contributed by atoms with van der Waals surface area (Å²) in [4.78, 5) is 11.1. The SMILES string of the molecule is CCC(C(=O)O)C(N)c1cc(OC)ccc1OC. The third kappa shape index (κ3) is 2.92. The summed E-state index contributed by atoms with van der Waals surface area (Å²) in [5, 5.41) is 9.14. The van der Waals surface area contributed by atoms with E-state index in [-0.39, 0.29) is 0 Å². The number of ether oxygens (including phenoxy) is 2. The van der Waals surface area contributed by atoms with Crippen molar-refractivity contribution in [1.82, 2.24) is 0 Å². The lowest BCUT2D eigenvalue weighted by Crippen LogP contribution is -2.28. The fourth-order valence-corrected chi connectivity index (χ4v) is 1.90. The zero-order valence-corrected chi connectivity index (χ0v) is 10.8. The van der Waals surface area contributed by atoms with Gasteiger partial charge in [0.2, 0.25) is 0 Å². The van der Waals surface area contributed by atoms with E-state index in [1.165, 1.54) is 7.11 Å². The van der Waals surface area contributed by atoms with Gasteiger partial charge in [-0.25, -0.2) is 0 Å². The molecule has 2 unspecified atom stereocenters. The molecule has 5 nitrogen and oxygen atoms in total. The molecule has 2 atom stereocenters. The van der Waals surface area contributed by atoms with Gasteiger partial charge >= 0.3 is 5.97 Å². The van der Waals surface area contributed by atoms with Crippen LogP contribution in [0.4, 0.5) is 0 Å². The lowest BCUT2D eigenvalue weighted by atomic mass is 9.91. The molecular formula is C13H19NO4. The fraction of sp³-hybridized carbons (Fsp3) is 0.462. The van der Waals surface area contributed by atoms with Crippen molar-refractivity contribution in [3.8, 4) is 11.5 Å². The van der Waals surface area contributed by atoms with Gasteiger partial charge in [-0.1, -0.05) is 6.92 Å². The minimum Gasteiger partial charge on any atom is -0.497 e. The number of carboxylic acids is 1. The van der Waals surface area contributed by atoms with Gasteiger partial charge in [0.25, 0.3) is 0 Å². The Bertz CT molecular complexity index is 419. The van der Waals surface area contributed by atoms with Gasteiger partial charge in [-0.05, 0) is 24.6 Å². The number of hydrogen-bond donors (Lipinski definition) is 2. The Hall–Kier alpha value is -1.75. The third-order valence-corrected chi connectivity index (χ3v) is 2.99. The maximum Gasteiger partial charge on any atom is 0.308 e. The number of carboxylic acid groups (broad SMARTS) is 1. The predicted molar refractivity (Wildman–Crippen MR) is 67.9 cm³/mol. The average molecular weight is 253 g/mol. The summed E-state index contributed by atoms with van der Waals surface area (Å²) in [7, 11) is 3.07. The molecule has 1 aromatic carbocycles. The number of methoxy groups -OCH3 is 2. The van der Waals surface area contributed by atoms with Crippen LogP contribution in [0.3, 0.4) is 0 Å². The molecule has 0 heterocycles. The molecule has 5 heteroatoms. The van der Waals surface area contributed by atoms with Crippen LogP contribution in [0.2, 0.25) is 0 Å². The van der Waals surface area contributed by atoms with Crippen LogP contribution < -0.4 is 15.2 Å². The standard InChI is InChI=1S/C13H19NO4/c1-4-9(13(15)16)12(14)10-7-8(17-2)5-6-11(10)18-3/h5-7,9,12H,4,14H2,1-3H3,(H,15,16). The molecule has 0 amide bonds. The number of hydrogen-bond acceptors (Lipinski definition) is 4. The molecule has 1 rings (SSSR count). The smallest absolute Gasteiger partial charge is 0.308 e. The first kappa shape index (κ1) is 14.3. The van der Waals surface area contributed by atoms with E-state index in [4.69, 9.17) is 20.3 Å². The van der Waals surface area contributed by atoms with Crippen LogP contribution in [-0.2, 0) is 4.79 Å². The summed E-state index contributed by atoms with van der Waals surface area (Å²) in [6, 6.07) is 4.56. The Labute approximate surface area is 107 Å². The molecule has 3 N–H and O–H groups in total. The molecule has 0 aliphatic carbocycles. The molecular weight excluding hydrogens is 234 g/mol. The fourth-order valence-electron chi connectivity index (χ4n) is 1.90. The van der Waals surface area contributed by atoms with Crippen LogP contribution in [0, 0.1) is 5.92 Å². The number of benzene rings is 1. The molecule has 0 aliphatic heterocycles. The molecule has 0 bridgehead atoms. The highest BCUT2D eigenvalue weighted by Crippen LogP contribution is 2.33. The van der Waals surface area contributed by atoms with Crippen molar-refractivity contribution in [2.24, 2.45) is 11.7 Å². The summed E-state index contributed by atoms with van der Waals surface area (Å²) in [6.07, 6.45) is 0.455. The summed E-state index contributed by atoms with van der Waals surface area (Å²) in [5.41, 5.74) is 6.68. The van der Waals surface area contributed by atoms with Gasteiger partial charge in [0, 0.05) is 11.6 Å². The van der Waals surface area contributed by atoms with Crippen molar-refractivity contribution in [3.05, 3.63) is 23.8 Å².